The van der Waals surface area contributed by atoms with Crippen LogP contribution in [0, 0.1) is 5.92 Å². The largest absolute Gasteiger partial charge is 0.403 e. The molecule has 172 valence electrons. The van der Waals surface area contributed by atoms with Crippen LogP contribution in [0.5, 0.6) is 0 Å². The summed E-state index contributed by atoms with van der Waals surface area (Å²) in [4.78, 5) is 6.19. The Hall–Kier alpha value is -2.59. The van der Waals surface area contributed by atoms with Crippen LogP contribution in [-0.4, -0.2) is 41.7 Å². The highest BCUT2D eigenvalue weighted by atomic mass is 19.3. The van der Waals surface area contributed by atoms with E-state index in [0.717, 1.165) is 57.3 Å². The molecule has 1 saturated carbocycles. The predicted molar refractivity (Wildman–Crippen MR) is 119 cm³/mol. The number of piperidine rings is 1. The molecule has 31 heavy (non-hydrogen) atoms. The Balaban J connectivity index is 1.88. The van der Waals surface area contributed by atoms with Crippen molar-refractivity contribution in [3.05, 3.63) is 41.1 Å². The molecule has 1 saturated heterocycles. The van der Waals surface area contributed by atoms with E-state index in [0.29, 0.717) is 17.3 Å². The number of hydrogen-bond acceptors (Lipinski definition) is 8. The van der Waals surface area contributed by atoms with Gasteiger partial charge in [-0.1, -0.05) is 0 Å². The highest BCUT2D eigenvalue weighted by molar-refractivity contribution is 5.66. The molecule has 10 heteroatoms. The fraction of sp³-hybridized carbons (Fsp3) is 0.571. The van der Waals surface area contributed by atoms with E-state index >= 15 is 0 Å². The number of alkyl halides is 2. The van der Waals surface area contributed by atoms with Crippen molar-refractivity contribution in [3.8, 4) is 0 Å². The van der Waals surface area contributed by atoms with Crippen molar-refractivity contribution < 1.29 is 8.78 Å². The molecule has 1 aliphatic carbocycles. The van der Waals surface area contributed by atoms with Crippen LogP contribution in [0.25, 0.3) is 5.70 Å². The summed E-state index contributed by atoms with van der Waals surface area (Å²) in [7, 11) is 1.62. The molecule has 0 radical (unpaired) electrons. The Morgan fingerprint density at radius 3 is 2.45 bits per heavy atom. The molecule has 0 bridgehead atoms. The third-order valence-corrected chi connectivity index (χ3v) is 5.89. The van der Waals surface area contributed by atoms with Gasteiger partial charge in [0.05, 0.1) is 29.3 Å². The van der Waals surface area contributed by atoms with Crippen LogP contribution in [0.15, 0.2) is 29.7 Å². The minimum atomic E-state index is -2.71. The lowest BCUT2D eigenvalue weighted by Gasteiger charge is -2.30. The van der Waals surface area contributed by atoms with Gasteiger partial charge in [-0.3, -0.25) is 0 Å². The summed E-state index contributed by atoms with van der Waals surface area (Å²) in [6.07, 6.45) is 4.98. The first-order valence-electron chi connectivity index (χ1n) is 10.8. The number of pyridine rings is 1. The topological polar surface area (TPSA) is 127 Å². The highest BCUT2D eigenvalue weighted by Gasteiger charge is 2.26. The first-order chi connectivity index (χ1) is 14.8. The van der Waals surface area contributed by atoms with Gasteiger partial charge in [0.15, 0.2) is 0 Å². The van der Waals surface area contributed by atoms with Crippen LogP contribution in [0.3, 0.4) is 0 Å². The minimum Gasteiger partial charge on any atom is -0.403 e. The van der Waals surface area contributed by atoms with E-state index < -0.39 is 6.43 Å². The van der Waals surface area contributed by atoms with Gasteiger partial charge < -0.3 is 26.4 Å². The number of likely N-dealkylation sites (N-methyl/N-ethyl adjacent to an activating group) is 1. The normalized spacial score (nSPS) is 18.3. The number of nitrogens with two attached hydrogens (primary N) is 4. The molecule has 1 aromatic rings. The number of allylic oxidation sites excluding steroid dienone is 1. The van der Waals surface area contributed by atoms with Gasteiger partial charge in [-0.15, -0.1) is 0 Å². The fourth-order valence-electron chi connectivity index (χ4n) is 3.88. The number of anilines is 1. The van der Waals surface area contributed by atoms with Gasteiger partial charge >= 0.3 is 0 Å². The maximum absolute atomic E-state index is 13.8. The summed E-state index contributed by atoms with van der Waals surface area (Å²) in [5, 5.41) is 2.84. The van der Waals surface area contributed by atoms with Crippen molar-refractivity contribution >= 4 is 11.4 Å². The van der Waals surface area contributed by atoms with E-state index in [1.807, 2.05) is 4.90 Å². The molecule has 8 N–H and O–H groups in total. The maximum atomic E-state index is 13.8. The zero-order valence-electron chi connectivity index (χ0n) is 18.1. The summed E-state index contributed by atoms with van der Waals surface area (Å²) in [6, 6.07) is 3.34. The summed E-state index contributed by atoms with van der Waals surface area (Å²) in [5.41, 5.74) is 14.0. The number of hydrogen-bond donors (Lipinski definition) is 4. The van der Waals surface area contributed by atoms with Gasteiger partial charge in [0.25, 0.3) is 6.43 Å². The SMILES string of the molecule is CN(N)/C(CN(N)/C(=C\N)CC1CC1)=C(\N)c1ccc(N2CCCCC2)c(C(F)F)n1. The molecular formula is C21H34F2N8. The number of halogens is 2. The van der Waals surface area contributed by atoms with Crippen LogP contribution in [-0.2, 0) is 0 Å². The van der Waals surface area contributed by atoms with Crippen LogP contribution in [0.1, 0.15) is 56.3 Å². The third-order valence-electron chi connectivity index (χ3n) is 5.89. The fourth-order valence-corrected chi connectivity index (χ4v) is 3.88. The van der Waals surface area contributed by atoms with Crippen molar-refractivity contribution in [1.29, 1.82) is 0 Å². The van der Waals surface area contributed by atoms with Crippen molar-refractivity contribution in [2.75, 3.05) is 31.6 Å². The number of nitrogens with zero attached hydrogens (tertiary/aromatic N) is 4. The monoisotopic (exact) mass is 436 g/mol. The van der Waals surface area contributed by atoms with E-state index in [1.165, 1.54) is 16.2 Å². The van der Waals surface area contributed by atoms with E-state index in [1.54, 1.807) is 19.2 Å². The van der Waals surface area contributed by atoms with E-state index in [4.69, 9.17) is 23.2 Å². The predicted octanol–water partition coefficient (Wildman–Crippen LogP) is 2.22. The second kappa shape index (κ2) is 10.1. The quantitative estimate of drug-likeness (QED) is 0.343. The Morgan fingerprint density at radius 2 is 1.90 bits per heavy atom. The van der Waals surface area contributed by atoms with Crippen LogP contribution in [0.2, 0.25) is 0 Å². The zero-order valence-corrected chi connectivity index (χ0v) is 18.1. The molecule has 0 aromatic carbocycles. The van der Waals surface area contributed by atoms with E-state index in [-0.39, 0.29) is 23.6 Å². The Labute approximate surface area is 182 Å². The van der Waals surface area contributed by atoms with E-state index in [9.17, 15) is 8.78 Å². The summed E-state index contributed by atoms with van der Waals surface area (Å²) in [5.74, 6) is 12.8. The molecule has 2 heterocycles. The van der Waals surface area contributed by atoms with Gasteiger partial charge in [-0.05, 0) is 56.6 Å². The summed E-state index contributed by atoms with van der Waals surface area (Å²) in [6.45, 7) is 1.68. The Morgan fingerprint density at radius 1 is 1.23 bits per heavy atom. The average Bonchev–Trinajstić information content (AvgIpc) is 3.59. The maximum Gasteiger partial charge on any atom is 0.282 e. The lowest BCUT2D eigenvalue weighted by molar-refractivity contribution is 0.146. The molecule has 1 aliphatic heterocycles. The van der Waals surface area contributed by atoms with Gasteiger partial charge in [-0.25, -0.2) is 25.5 Å². The second-order valence-corrected chi connectivity index (χ2v) is 8.35. The average molecular weight is 437 g/mol. The summed E-state index contributed by atoms with van der Waals surface area (Å²) < 4.78 is 27.7. The molecule has 0 atom stereocenters. The Bertz CT molecular complexity index is 814. The molecule has 0 unspecified atom stereocenters. The van der Waals surface area contributed by atoms with Crippen LogP contribution >= 0.6 is 0 Å². The van der Waals surface area contributed by atoms with Crippen molar-refractivity contribution in [1.82, 2.24) is 15.0 Å². The standard InChI is InChI=1S/C21H34F2N8/c1-29(26)18(13-31(27)15(12-24)11-14-5-6-14)19(25)16-7-8-17(20(28-16)21(22)23)30-9-3-2-4-10-30/h7-8,12,14,21H,2-6,9-11,13,24-27H2,1H3/b15-12-,19-18-. The van der Waals surface area contributed by atoms with E-state index in [2.05, 4.69) is 4.98 Å². The minimum absolute atomic E-state index is 0.175. The van der Waals surface area contributed by atoms with Crippen LogP contribution in [0.4, 0.5) is 14.5 Å². The van der Waals surface area contributed by atoms with Crippen molar-refractivity contribution in [2.24, 2.45) is 29.1 Å². The van der Waals surface area contributed by atoms with Gasteiger partial charge in [-0.2, -0.15) is 0 Å². The smallest absolute Gasteiger partial charge is 0.282 e. The highest BCUT2D eigenvalue weighted by Crippen LogP contribution is 2.35. The molecule has 8 nitrogen and oxygen atoms in total. The van der Waals surface area contributed by atoms with Crippen molar-refractivity contribution in [3.63, 3.8) is 0 Å². The second-order valence-electron chi connectivity index (χ2n) is 8.35. The van der Waals surface area contributed by atoms with Crippen LogP contribution < -0.4 is 28.1 Å². The van der Waals surface area contributed by atoms with Crippen molar-refractivity contribution in [2.45, 2.75) is 45.0 Å². The van der Waals surface area contributed by atoms with Gasteiger partial charge in [0, 0.05) is 32.0 Å². The third kappa shape index (κ3) is 5.76. The molecule has 2 fully saturated rings. The summed E-state index contributed by atoms with van der Waals surface area (Å²) >= 11 is 0. The number of aromatic nitrogens is 1. The molecule has 1 aromatic heterocycles. The molecule has 3 rings (SSSR count). The lowest BCUT2D eigenvalue weighted by atomic mass is 10.1. The van der Waals surface area contributed by atoms with Gasteiger partial charge in [0.2, 0.25) is 0 Å². The molecule has 0 spiro atoms. The number of rotatable bonds is 9. The first-order valence-corrected chi connectivity index (χ1v) is 10.8. The zero-order chi connectivity index (χ0) is 22.5. The molecule has 0 amide bonds. The number of hydrazine groups is 2. The first kappa shape index (κ1) is 23.1. The molecular weight excluding hydrogens is 402 g/mol. The Kier molecular flexibility index (Phi) is 7.55. The molecule has 2 aliphatic rings. The van der Waals surface area contributed by atoms with Gasteiger partial charge in [0.1, 0.15) is 5.69 Å². The lowest BCUT2D eigenvalue weighted by Crippen LogP contribution is -2.40.